The molecule has 0 bridgehead atoms. The molecule has 0 aliphatic heterocycles. The fraction of sp³-hybridized carbons (Fsp3) is 0. The predicted molar refractivity (Wildman–Crippen MR) is 165 cm³/mol. The highest BCUT2D eigenvalue weighted by molar-refractivity contribution is 6.09. The minimum atomic E-state index is 0.617. The molecule has 0 radical (unpaired) electrons. The van der Waals surface area contributed by atoms with E-state index in [-0.39, 0.29) is 0 Å². The summed E-state index contributed by atoms with van der Waals surface area (Å²) in [6.07, 6.45) is 0. The number of hydrogen-bond acceptors (Lipinski definition) is 2. The molecule has 0 aliphatic carbocycles. The van der Waals surface area contributed by atoms with Crippen molar-refractivity contribution in [3.63, 3.8) is 0 Å². The lowest BCUT2D eigenvalue weighted by Gasteiger charge is -2.08. The number of rotatable bonds is 4. The standard InChI is InChI=1S/C37H24N2O/c1-3-11-25(12-4-1)28-23-32(26-13-5-2-6-14-26)36-35(24-28)40-37(38-36)27-19-21-29(22-20-27)39-33-17-9-7-15-30(33)31-16-8-10-18-34(31)39/h1-24H. The number of fused-ring (bicyclic) bond motifs is 4. The number of aromatic nitrogens is 2. The molecule has 0 N–H and O–H groups in total. The van der Waals surface area contributed by atoms with Crippen molar-refractivity contribution in [2.45, 2.75) is 0 Å². The minimum Gasteiger partial charge on any atom is -0.436 e. The Morgan fingerprint density at radius 1 is 0.475 bits per heavy atom. The first-order valence-corrected chi connectivity index (χ1v) is 13.5. The van der Waals surface area contributed by atoms with Crippen LogP contribution in [0.2, 0.25) is 0 Å². The Kier molecular flexibility index (Phi) is 5.14. The summed E-state index contributed by atoms with van der Waals surface area (Å²) in [6, 6.07) is 50.8. The molecule has 188 valence electrons. The van der Waals surface area contributed by atoms with Gasteiger partial charge in [-0.25, -0.2) is 4.98 Å². The van der Waals surface area contributed by atoms with Crippen molar-refractivity contribution in [1.29, 1.82) is 0 Å². The van der Waals surface area contributed by atoms with Crippen molar-refractivity contribution in [2.24, 2.45) is 0 Å². The van der Waals surface area contributed by atoms with Crippen molar-refractivity contribution < 1.29 is 4.42 Å². The quantitative estimate of drug-likeness (QED) is 0.235. The summed E-state index contributed by atoms with van der Waals surface area (Å²) in [6.45, 7) is 0. The maximum Gasteiger partial charge on any atom is 0.227 e. The predicted octanol–water partition coefficient (Wildman–Crippen LogP) is 9.93. The molecule has 0 fully saturated rings. The van der Waals surface area contributed by atoms with E-state index in [4.69, 9.17) is 9.40 Å². The van der Waals surface area contributed by atoms with E-state index < -0.39 is 0 Å². The first-order valence-electron chi connectivity index (χ1n) is 13.5. The Morgan fingerprint density at radius 3 is 1.70 bits per heavy atom. The molecule has 0 aliphatic rings. The Labute approximate surface area is 231 Å². The van der Waals surface area contributed by atoms with E-state index in [1.165, 1.54) is 21.8 Å². The fourth-order valence-corrected chi connectivity index (χ4v) is 5.74. The number of hydrogen-bond donors (Lipinski definition) is 0. The molecular weight excluding hydrogens is 488 g/mol. The first-order chi connectivity index (χ1) is 19.8. The summed E-state index contributed by atoms with van der Waals surface area (Å²) in [7, 11) is 0. The third-order valence-corrected chi connectivity index (χ3v) is 7.64. The third-order valence-electron chi connectivity index (χ3n) is 7.64. The van der Waals surface area contributed by atoms with Crippen molar-refractivity contribution in [3.05, 3.63) is 146 Å². The second-order valence-electron chi connectivity index (χ2n) is 10.0. The fourth-order valence-electron chi connectivity index (χ4n) is 5.74. The van der Waals surface area contributed by atoms with E-state index in [9.17, 15) is 0 Å². The zero-order chi connectivity index (χ0) is 26.5. The van der Waals surface area contributed by atoms with Crippen LogP contribution in [0.4, 0.5) is 0 Å². The van der Waals surface area contributed by atoms with E-state index >= 15 is 0 Å². The first kappa shape index (κ1) is 22.6. The summed E-state index contributed by atoms with van der Waals surface area (Å²) in [4.78, 5) is 5.01. The largest absolute Gasteiger partial charge is 0.436 e. The second-order valence-corrected chi connectivity index (χ2v) is 10.0. The zero-order valence-corrected chi connectivity index (χ0v) is 21.7. The smallest absolute Gasteiger partial charge is 0.227 e. The van der Waals surface area contributed by atoms with Crippen LogP contribution in [0, 0.1) is 0 Å². The molecule has 3 nitrogen and oxygen atoms in total. The van der Waals surface area contributed by atoms with E-state index in [1.807, 2.05) is 12.1 Å². The summed E-state index contributed by atoms with van der Waals surface area (Å²) in [5, 5.41) is 2.51. The molecule has 0 unspecified atom stereocenters. The van der Waals surface area contributed by atoms with Gasteiger partial charge < -0.3 is 8.98 Å². The second kappa shape index (κ2) is 9.11. The van der Waals surface area contributed by atoms with Crippen LogP contribution >= 0.6 is 0 Å². The molecule has 0 saturated heterocycles. The average Bonchev–Trinajstić information content (AvgIpc) is 3.61. The maximum atomic E-state index is 6.43. The van der Waals surface area contributed by atoms with Gasteiger partial charge in [0.25, 0.3) is 0 Å². The molecule has 3 heteroatoms. The zero-order valence-electron chi connectivity index (χ0n) is 21.7. The van der Waals surface area contributed by atoms with Gasteiger partial charge >= 0.3 is 0 Å². The summed E-state index contributed by atoms with van der Waals surface area (Å²) < 4.78 is 8.75. The number of nitrogens with zero attached hydrogens (tertiary/aromatic N) is 2. The molecule has 8 rings (SSSR count). The van der Waals surface area contributed by atoms with Crippen LogP contribution in [-0.2, 0) is 0 Å². The van der Waals surface area contributed by atoms with Crippen LogP contribution in [0.25, 0.3) is 72.3 Å². The van der Waals surface area contributed by atoms with Gasteiger partial charge in [0.15, 0.2) is 5.58 Å². The van der Waals surface area contributed by atoms with Crippen LogP contribution in [0.5, 0.6) is 0 Å². The van der Waals surface area contributed by atoms with E-state index in [0.717, 1.165) is 44.6 Å². The molecular formula is C37H24N2O. The lowest BCUT2D eigenvalue weighted by atomic mass is 9.98. The van der Waals surface area contributed by atoms with Crippen molar-refractivity contribution >= 4 is 32.9 Å². The highest BCUT2D eigenvalue weighted by Gasteiger charge is 2.16. The lowest BCUT2D eigenvalue weighted by Crippen LogP contribution is -1.93. The molecule has 8 aromatic rings. The van der Waals surface area contributed by atoms with Crippen LogP contribution < -0.4 is 0 Å². The molecule has 0 spiro atoms. The normalized spacial score (nSPS) is 11.5. The van der Waals surface area contributed by atoms with Crippen molar-refractivity contribution in [3.8, 4) is 39.4 Å². The highest BCUT2D eigenvalue weighted by atomic mass is 16.3. The number of benzene rings is 6. The van der Waals surface area contributed by atoms with Gasteiger partial charge in [0, 0.05) is 27.6 Å². The lowest BCUT2D eigenvalue weighted by molar-refractivity contribution is 0.620. The summed E-state index contributed by atoms with van der Waals surface area (Å²) in [5.41, 5.74) is 10.5. The monoisotopic (exact) mass is 512 g/mol. The Morgan fingerprint density at radius 2 is 1.05 bits per heavy atom. The van der Waals surface area contributed by atoms with Crippen molar-refractivity contribution in [2.75, 3.05) is 0 Å². The average molecular weight is 513 g/mol. The highest BCUT2D eigenvalue weighted by Crippen LogP contribution is 2.37. The minimum absolute atomic E-state index is 0.617. The SMILES string of the molecule is c1ccc(-c2cc(-c3ccccc3)c3nc(-c4ccc(-n5c6ccccc6c6ccccc65)cc4)oc3c2)cc1. The van der Waals surface area contributed by atoms with Gasteiger partial charge in [0.05, 0.1) is 11.0 Å². The van der Waals surface area contributed by atoms with Gasteiger partial charge in [-0.1, -0.05) is 97.1 Å². The Bertz CT molecular complexity index is 2080. The Balaban J connectivity index is 1.26. The van der Waals surface area contributed by atoms with Gasteiger partial charge in [-0.15, -0.1) is 0 Å². The van der Waals surface area contributed by atoms with E-state index in [2.05, 4.69) is 138 Å². The van der Waals surface area contributed by atoms with Crippen LogP contribution in [0.15, 0.2) is 150 Å². The molecule has 0 amide bonds. The van der Waals surface area contributed by atoms with E-state index in [0.29, 0.717) is 5.89 Å². The van der Waals surface area contributed by atoms with Gasteiger partial charge in [0.2, 0.25) is 5.89 Å². The Hall–Kier alpha value is -5.41. The van der Waals surface area contributed by atoms with Gasteiger partial charge in [-0.05, 0) is 65.2 Å². The van der Waals surface area contributed by atoms with Crippen LogP contribution in [0.3, 0.4) is 0 Å². The summed E-state index contributed by atoms with van der Waals surface area (Å²) in [5.74, 6) is 0.617. The molecule has 2 aromatic heterocycles. The number of oxazole rings is 1. The summed E-state index contributed by atoms with van der Waals surface area (Å²) >= 11 is 0. The number of para-hydroxylation sites is 2. The van der Waals surface area contributed by atoms with Gasteiger partial charge in [-0.3, -0.25) is 0 Å². The van der Waals surface area contributed by atoms with E-state index in [1.54, 1.807) is 0 Å². The molecule has 40 heavy (non-hydrogen) atoms. The van der Waals surface area contributed by atoms with Crippen LogP contribution in [-0.4, -0.2) is 9.55 Å². The molecule has 2 heterocycles. The molecule has 0 saturated carbocycles. The topological polar surface area (TPSA) is 31.0 Å². The van der Waals surface area contributed by atoms with Gasteiger partial charge in [0.1, 0.15) is 5.52 Å². The molecule has 6 aromatic carbocycles. The molecule has 0 atom stereocenters. The van der Waals surface area contributed by atoms with Crippen LogP contribution in [0.1, 0.15) is 0 Å². The third kappa shape index (κ3) is 3.63. The van der Waals surface area contributed by atoms with Crippen molar-refractivity contribution in [1.82, 2.24) is 9.55 Å². The van der Waals surface area contributed by atoms with Gasteiger partial charge in [-0.2, -0.15) is 0 Å². The maximum absolute atomic E-state index is 6.43.